The SMILES string of the molecule is CO[P+](=O)I. The van der Waals surface area contributed by atoms with Gasteiger partial charge >= 0.3 is 27.7 Å². The average Bonchev–Trinajstić information content (AvgIpc) is 1.38. The molecule has 2 nitrogen and oxygen atoms in total. The number of hydrogen-bond donors (Lipinski definition) is 0. The Kier molecular flexibility index (Phi) is 3.47. The van der Waals surface area contributed by atoms with Gasteiger partial charge in [0.15, 0.2) is 0 Å². The zero-order chi connectivity index (χ0) is 4.28. The molecule has 0 aromatic rings. The van der Waals surface area contributed by atoms with Gasteiger partial charge in [0.05, 0.1) is 7.11 Å². The van der Waals surface area contributed by atoms with Crippen molar-refractivity contribution in [2.45, 2.75) is 0 Å². The van der Waals surface area contributed by atoms with Crippen LogP contribution in [0, 0.1) is 0 Å². The lowest BCUT2D eigenvalue weighted by Gasteiger charge is -1.55. The molecular weight excluding hydrogens is 202 g/mol. The van der Waals surface area contributed by atoms with Gasteiger partial charge in [-0.2, -0.15) is 0 Å². The van der Waals surface area contributed by atoms with E-state index >= 15 is 0 Å². The second-order valence-electron chi connectivity index (χ2n) is 0.395. The Bertz CT molecular complexity index is 44.9. The first-order valence-electron chi connectivity index (χ1n) is 0.942. The highest BCUT2D eigenvalue weighted by Crippen LogP contribution is 2.29. The van der Waals surface area contributed by atoms with E-state index in [4.69, 9.17) is 0 Å². The standard InChI is InChI=1S/CH3IO2P/c1-4-5(2)3/h1H3/q+1. The Balaban J connectivity index is 2.85. The molecule has 0 aliphatic carbocycles. The summed E-state index contributed by atoms with van der Waals surface area (Å²) in [5.74, 6) is 0. The van der Waals surface area contributed by atoms with E-state index in [1.807, 2.05) is 0 Å². The van der Waals surface area contributed by atoms with Crippen LogP contribution < -0.4 is 0 Å². The fraction of sp³-hybridized carbons (Fsp3) is 1.00. The fourth-order valence-corrected chi connectivity index (χ4v) is 0. The molecule has 0 aliphatic rings. The molecule has 4 heteroatoms. The summed E-state index contributed by atoms with van der Waals surface area (Å²) < 4.78 is 14.0. The highest BCUT2D eigenvalue weighted by atomic mass is 127. The minimum Gasteiger partial charge on any atom is -0.142 e. The Hall–Kier alpha value is 0.790. The maximum atomic E-state index is 9.73. The van der Waals surface area contributed by atoms with Crippen molar-refractivity contribution in [1.29, 1.82) is 0 Å². The fourth-order valence-electron chi connectivity index (χ4n) is 0. The quantitative estimate of drug-likeness (QED) is 0.481. The third-order valence-electron chi connectivity index (χ3n) is 0.144. The Morgan fingerprint density at radius 1 is 2.00 bits per heavy atom. The molecule has 1 unspecified atom stereocenters. The first-order chi connectivity index (χ1) is 2.27. The van der Waals surface area contributed by atoms with Gasteiger partial charge in [0.2, 0.25) is 0 Å². The summed E-state index contributed by atoms with van der Waals surface area (Å²) in [6.07, 6.45) is 0. The molecule has 0 amide bonds. The van der Waals surface area contributed by atoms with Crippen molar-refractivity contribution in [3.63, 3.8) is 0 Å². The molecule has 0 aromatic carbocycles. The van der Waals surface area contributed by atoms with Gasteiger partial charge in [-0.3, -0.25) is 0 Å². The maximum Gasteiger partial charge on any atom is 0.575 e. The molecule has 0 rings (SSSR count). The average molecular weight is 205 g/mol. The van der Waals surface area contributed by atoms with Gasteiger partial charge in [-0.15, -0.1) is 4.52 Å². The zero-order valence-corrected chi connectivity index (χ0v) is 5.69. The van der Waals surface area contributed by atoms with E-state index in [0.29, 0.717) is 0 Å². The molecule has 0 spiro atoms. The minimum atomic E-state index is -1.38. The largest absolute Gasteiger partial charge is 0.575 e. The van der Waals surface area contributed by atoms with Gasteiger partial charge in [-0.05, 0) is 4.57 Å². The summed E-state index contributed by atoms with van der Waals surface area (Å²) in [5.41, 5.74) is -1.38. The van der Waals surface area contributed by atoms with Crippen LogP contribution in [0.5, 0.6) is 0 Å². The Morgan fingerprint density at radius 3 is 2.20 bits per heavy atom. The summed E-state index contributed by atoms with van der Waals surface area (Å²) >= 11 is 1.69. The molecule has 0 heterocycles. The second-order valence-corrected chi connectivity index (χ2v) is 3.55. The van der Waals surface area contributed by atoms with Crippen LogP contribution >= 0.6 is 27.7 Å². The highest BCUT2D eigenvalue weighted by molar-refractivity contribution is 14.2. The van der Waals surface area contributed by atoms with E-state index in [1.54, 1.807) is 22.0 Å². The van der Waals surface area contributed by atoms with Gasteiger partial charge in [-0.1, -0.05) is 0 Å². The zero-order valence-electron chi connectivity index (χ0n) is 2.64. The molecule has 0 saturated carbocycles. The Morgan fingerprint density at radius 2 is 2.20 bits per heavy atom. The molecule has 5 heavy (non-hydrogen) atoms. The molecule has 0 radical (unpaired) electrons. The van der Waals surface area contributed by atoms with Crippen molar-refractivity contribution in [2.24, 2.45) is 0 Å². The first-order valence-corrected chi connectivity index (χ1v) is 4.91. The van der Waals surface area contributed by atoms with Gasteiger partial charge < -0.3 is 0 Å². The molecule has 0 aromatic heterocycles. The van der Waals surface area contributed by atoms with Crippen molar-refractivity contribution in [1.82, 2.24) is 0 Å². The third-order valence-corrected chi connectivity index (χ3v) is 1.61. The van der Waals surface area contributed by atoms with Crippen LogP contribution in [0.25, 0.3) is 0 Å². The van der Waals surface area contributed by atoms with Gasteiger partial charge in [0.1, 0.15) is 0 Å². The van der Waals surface area contributed by atoms with Crippen molar-refractivity contribution in [3.8, 4) is 0 Å². The first kappa shape index (κ1) is 5.79. The lowest BCUT2D eigenvalue weighted by Crippen LogP contribution is -1.49. The van der Waals surface area contributed by atoms with Crippen molar-refractivity contribution in [2.75, 3.05) is 7.11 Å². The summed E-state index contributed by atoms with van der Waals surface area (Å²) in [5, 5.41) is 0. The van der Waals surface area contributed by atoms with Crippen LogP contribution in [-0.4, -0.2) is 7.11 Å². The van der Waals surface area contributed by atoms with Crippen LogP contribution in [0.3, 0.4) is 0 Å². The predicted molar refractivity (Wildman–Crippen MR) is 28.6 cm³/mol. The van der Waals surface area contributed by atoms with Gasteiger partial charge in [0, 0.05) is 0 Å². The minimum absolute atomic E-state index is 1.38. The lowest BCUT2D eigenvalue weighted by molar-refractivity contribution is 0.431. The number of rotatable bonds is 1. The summed E-state index contributed by atoms with van der Waals surface area (Å²) in [6.45, 7) is 0. The highest BCUT2D eigenvalue weighted by Gasteiger charge is 2.02. The number of halogens is 1. The molecule has 0 saturated heterocycles. The van der Waals surface area contributed by atoms with E-state index in [9.17, 15) is 4.57 Å². The lowest BCUT2D eigenvalue weighted by atomic mass is 11.8. The molecule has 30 valence electrons. The predicted octanol–water partition coefficient (Wildman–Crippen LogP) is 1.73. The molecular formula is CH3IO2P+. The molecule has 0 fully saturated rings. The molecule has 0 aliphatic heterocycles. The molecule has 0 N–H and O–H groups in total. The van der Waals surface area contributed by atoms with Crippen LogP contribution in [0.15, 0.2) is 0 Å². The van der Waals surface area contributed by atoms with Crippen LogP contribution in [-0.2, 0) is 9.09 Å². The van der Waals surface area contributed by atoms with Crippen molar-refractivity contribution in [3.05, 3.63) is 0 Å². The topological polar surface area (TPSA) is 26.3 Å². The van der Waals surface area contributed by atoms with Crippen molar-refractivity contribution >= 4 is 27.7 Å². The van der Waals surface area contributed by atoms with Gasteiger partial charge in [-0.25, -0.2) is 0 Å². The van der Waals surface area contributed by atoms with E-state index in [0.717, 1.165) is 0 Å². The van der Waals surface area contributed by atoms with Gasteiger partial charge in [0.25, 0.3) is 0 Å². The molecule has 1 atom stereocenters. The summed E-state index contributed by atoms with van der Waals surface area (Å²) in [6, 6.07) is 0. The monoisotopic (exact) mass is 205 g/mol. The number of hydrogen-bond acceptors (Lipinski definition) is 2. The molecule has 0 bridgehead atoms. The Labute approximate surface area is 44.3 Å². The van der Waals surface area contributed by atoms with E-state index < -0.39 is 5.67 Å². The maximum absolute atomic E-state index is 9.73. The third kappa shape index (κ3) is 4.79. The second kappa shape index (κ2) is 3.00. The van der Waals surface area contributed by atoms with E-state index in [1.165, 1.54) is 7.11 Å². The van der Waals surface area contributed by atoms with E-state index in [2.05, 4.69) is 4.52 Å². The van der Waals surface area contributed by atoms with Crippen LogP contribution in [0.4, 0.5) is 0 Å². The smallest absolute Gasteiger partial charge is 0.142 e. The van der Waals surface area contributed by atoms with Crippen LogP contribution in [0.2, 0.25) is 0 Å². The summed E-state index contributed by atoms with van der Waals surface area (Å²) in [4.78, 5) is 0. The van der Waals surface area contributed by atoms with Crippen molar-refractivity contribution < 1.29 is 9.09 Å². The van der Waals surface area contributed by atoms with E-state index in [-0.39, 0.29) is 0 Å². The normalized spacial score (nSPS) is 11.2. The summed E-state index contributed by atoms with van der Waals surface area (Å²) in [7, 11) is 1.41. The van der Waals surface area contributed by atoms with Crippen LogP contribution in [0.1, 0.15) is 0 Å².